The van der Waals surface area contributed by atoms with Crippen molar-refractivity contribution in [2.75, 3.05) is 13.1 Å². The first kappa shape index (κ1) is 16.9. The molecule has 1 saturated heterocycles. The van der Waals surface area contributed by atoms with Crippen molar-refractivity contribution in [1.29, 1.82) is 0 Å². The molecule has 3 heterocycles. The van der Waals surface area contributed by atoms with Crippen LogP contribution in [0.3, 0.4) is 0 Å². The summed E-state index contributed by atoms with van der Waals surface area (Å²) in [6.07, 6.45) is 1.39. The maximum Gasteiger partial charge on any atom is 0.257 e. The summed E-state index contributed by atoms with van der Waals surface area (Å²) in [7, 11) is 0. The summed E-state index contributed by atoms with van der Waals surface area (Å²) in [6.45, 7) is 2.36. The highest BCUT2D eigenvalue weighted by molar-refractivity contribution is 7.08. The van der Waals surface area contributed by atoms with Gasteiger partial charge < -0.3 is 9.84 Å². The molecule has 1 aromatic carbocycles. The van der Waals surface area contributed by atoms with Gasteiger partial charge in [0.25, 0.3) is 5.89 Å². The van der Waals surface area contributed by atoms with Crippen LogP contribution >= 0.6 is 11.3 Å². The maximum absolute atomic E-state index is 12.1. The average molecular weight is 368 g/mol. The smallest absolute Gasteiger partial charge is 0.257 e. The van der Waals surface area contributed by atoms with E-state index < -0.39 is 0 Å². The van der Waals surface area contributed by atoms with Crippen molar-refractivity contribution in [2.45, 2.75) is 25.4 Å². The van der Waals surface area contributed by atoms with Crippen molar-refractivity contribution in [1.82, 2.24) is 20.4 Å². The Morgan fingerprint density at radius 2 is 2.19 bits per heavy atom. The monoisotopic (exact) mass is 368 g/mol. The van der Waals surface area contributed by atoms with E-state index in [2.05, 4.69) is 20.4 Å². The molecule has 0 saturated carbocycles. The van der Waals surface area contributed by atoms with Gasteiger partial charge in [0.15, 0.2) is 5.82 Å². The molecular weight excluding hydrogens is 348 g/mol. The zero-order valence-corrected chi connectivity index (χ0v) is 15.1. The summed E-state index contributed by atoms with van der Waals surface area (Å²) in [6, 6.07) is 11.9. The van der Waals surface area contributed by atoms with Gasteiger partial charge in [-0.2, -0.15) is 16.3 Å². The highest BCUT2D eigenvalue weighted by Gasteiger charge is 2.25. The van der Waals surface area contributed by atoms with E-state index >= 15 is 0 Å². The molecule has 1 amide bonds. The quantitative estimate of drug-likeness (QED) is 0.724. The lowest BCUT2D eigenvalue weighted by Gasteiger charge is -2.14. The van der Waals surface area contributed by atoms with Crippen LogP contribution in [-0.4, -0.2) is 40.1 Å². The highest BCUT2D eigenvalue weighted by Crippen LogP contribution is 2.18. The maximum atomic E-state index is 12.1. The first-order valence-corrected chi connectivity index (χ1v) is 9.61. The van der Waals surface area contributed by atoms with E-state index in [-0.39, 0.29) is 11.9 Å². The number of hydrogen-bond acceptors (Lipinski definition) is 6. The average Bonchev–Trinajstić information content (AvgIpc) is 3.39. The lowest BCUT2D eigenvalue weighted by atomic mass is 10.2. The van der Waals surface area contributed by atoms with Crippen molar-refractivity contribution in [3.63, 3.8) is 0 Å². The van der Waals surface area contributed by atoms with E-state index in [1.54, 1.807) is 11.3 Å². The van der Waals surface area contributed by atoms with Crippen molar-refractivity contribution in [3.8, 4) is 11.5 Å². The summed E-state index contributed by atoms with van der Waals surface area (Å²) < 4.78 is 5.35. The zero-order valence-electron chi connectivity index (χ0n) is 14.3. The third-order valence-corrected chi connectivity index (χ3v) is 5.17. The van der Waals surface area contributed by atoms with Crippen LogP contribution in [0.25, 0.3) is 11.5 Å². The second kappa shape index (κ2) is 7.80. The molecule has 2 aromatic heterocycles. The van der Waals surface area contributed by atoms with Gasteiger partial charge in [0.2, 0.25) is 5.91 Å². The predicted octanol–water partition coefficient (Wildman–Crippen LogP) is 2.73. The molecule has 0 aliphatic carbocycles. The van der Waals surface area contributed by atoms with Gasteiger partial charge in [-0.1, -0.05) is 23.4 Å². The topological polar surface area (TPSA) is 71.3 Å². The minimum Gasteiger partial charge on any atom is -0.352 e. The van der Waals surface area contributed by atoms with Crippen LogP contribution in [0.4, 0.5) is 0 Å². The molecule has 1 atom stereocenters. The zero-order chi connectivity index (χ0) is 17.8. The van der Waals surface area contributed by atoms with Crippen molar-refractivity contribution in [2.24, 2.45) is 0 Å². The van der Waals surface area contributed by atoms with Gasteiger partial charge in [0, 0.05) is 24.7 Å². The molecule has 1 aliphatic heterocycles. The Morgan fingerprint density at radius 3 is 3.00 bits per heavy atom. The molecule has 1 fully saturated rings. The van der Waals surface area contributed by atoms with Gasteiger partial charge in [0.05, 0.1) is 13.0 Å². The van der Waals surface area contributed by atoms with Crippen LogP contribution in [0.1, 0.15) is 17.8 Å². The Balaban J connectivity index is 1.28. The van der Waals surface area contributed by atoms with Crippen LogP contribution < -0.4 is 5.32 Å². The van der Waals surface area contributed by atoms with Crippen LogP contribution in [0, 0.1) is 0 Å². The van der Waals surface area contributed by atoms with Gasteiger partial charge in [-0.15, -0.1) is 0 Å². The molecule has 1 aliphatic rings. The number of benzene rings is 1. The third kappa shape index (κ3) is 4.17. The number of carbonyl (C=O) groups is 1. The molecule has 134 valence electrons. The number of thiophene rings is 1. The number of nitrogens with zero attached hydrogens (tertiary/aromatic N) is 3. The number of rotatable bonds is 6. The van der Waals surface area contributed by atoms with E-state index in [9.17, 15) is 4.79 Å². The van der Waals surface area contributed by atoms with Crippen LogP contribution in [-0.2, 0) is 17.8 Å². The molecule has 0 unspecified atom stereocenters. The SMILES string of the molecule is O=C(Cc1ccsc1)N[C@@H]1CCN(Cc2noc(-c3ccccc3)n2)C1. The Hall–Kier alpha value is -2.51. The van der Waals surface area contributed by atoms with E-state index in [0.717, 1.165) is 30.6 Å². The lowest BCUT2D eigenvalue weighted by molar-refractivity contribution is -0.121. The Morgan fingerprint density at radius 1 is 1.31 bits per heavy atom. The summed E-state index contributed by atoms with van der Waals surface area (Å²) in [5, 5.41) is 11.2. The third-order valence-electron chi connectivity index (χ3n) is 4.44. The Bertz CT molecular complexity index is 848. The summed E-state index contributed by atoms with van der Waals surface area (Å²) >= 11 is 1.62. The van der Waals surface area contributed by atoms with E-state index in [1.165, 1.54) is 0 Å². The number of amides is 1. The molecule has 0 bridgehead atoms. The number of likely N-dealkylation sites (tertiary alicyclic amines) is 1. The Kier molecular flexibility index (Phi) is 5.08. The molecule has 1 N–H and O–H groups in total. The fourth-order valence-electron chi connectivity index (χ4n) is 3.17. The van der Waals surface area contributed by atoms with E-state index in [0.29, 0.717) is 24.7 Å². The summed E-state index contributed by atoms with van der Waals surface area (Å²) in [5.74, 6) is 1.30. The molecular formula is C19H20N4O2S. The largest absolute Gasteiger partial charge is 0.352 e. The highest BCUT2D eigenvalue weighted by atomic mass is 32.1. The number of carbonyl (C=O) groups excluding carboxylic acids is 1. The van der Waals surface area contributed by atoms with Gasteiger partial charge in [-0.05, 0) is 40.9 Å². The minimum atomic E-state index is 0.0844. The second-order valence-electron chi connectivity index (χ2n) is 6.48. The fourth-order valence-corrected chi connectivity index (χ4v) is 3.84. The van der Waals surface area contributed by atoms with Gasteiger partial charge in [-0.25, -0.2) is 0 Å². The predicted molar refractivity (Wildman–Crippen MR) is 99.6 cm³/mol. The van der Waals surface area contributed by atoms with Crippen molar-refractivity contribution >= 4 is 17.2 Å². The summed E-state index contributed by atoms with van der Waals surface area (Å²) in [5.41, 5.74) is 1.99. The van der Waals surface area contributed by atoms with Crippen LogP contribution in [0.5, 0.6) is 0 Å². The van der Waals surface area contributed by atoms with Crippen molar-refractivity contribution < 1.29 is 9.32 Å². The fraction of sp³-hybridized carbons (Fsp3) is 0.316. The molecule has 4 rings (SSSR count). The molecule has 0 radical (unpaired) electrons. The normalized spacial score (nSPS) is 17.5. The summed E-state index contributed by atoms with van der Waals surface area (Å²) in [4.78, 5) is 18.8. The first-order valence-electron chi connectivity index (χ1n) is 8.67. The van der Waals surface area contributed by atoms with Crippen molar-refractivity contribution in [3.05, 3.63) is 58.5 Å². The molecule has 6 nitrogen and oxygen atoms in total. The number of aromatic nitrogens is 2. The molecule has 3 aromatic rings. The molecule has 26 heavy (non-hydrogen) atoms. The van der Waals surface area contributed by atoms with Gasteiger partial charge >= 0.3 is 0 Å². The second-order valence-corrected chi connectivity index (χ2v) is 7.26. The van der Waals surface area contributed by atoms with Gasteiger partial charge in [-0.3, -0.25) is 9.69 Å². The van der Waals surface area contributed by atoms with Crippen LogP contribution in [0.2, 0.25) is 0 Å². The van der Waals surface area contributed by atoms with E-state index in [1.807, 2.05) is 47.2 Å². The Labute approximate surface area is 155 Å². The lowest BCUT2D eigenvalue weighted by Crippen LogP contribution is -2.37. The number of nitrogens with one attached hydrogen (secondary N) is 1. The standard InChI is InChI=1S/C19H20N4O2S/c24-18(10-14-7-9-26-13-14)20-16-6-8-23(11-16)12-17-21-19(25-22-17)15-4-2-1-3-5-15/h1-5,7,9,13,16H,6,8,10-12H2,(H,20,24)/t16-/m1/s1. The van der Waals surface area contributed by atoms with Gasteiger partial charge in [0.1, 0.15) is 0 Å². The van der Waals surface area contributed by atoms with Crippen LogP contribution in [0.15, 0.2) is 51.7 Å². The minimum absolute atomic E-state index is 0.0844. The van der Waals surface area contributed by atoms with E-state index in [4.69, 9.17) is 4.52 Å². The molecule has 0 spiro atoms. The number of hydrogen-bond donors (Lipinski definition) is 1. The molecule has 7 heteroatoms. The first-order chi connectivity index (χ1) is 12.8.